The Hall–Kier alpha value is -0.890. The molecule has 9 heteroatoms. The number of primary sulfonamides is 1. The lowest BCUT2D eigenvalue weighted by molar-refractivity contribution is 0.0953. The zero-order valence-corrected chi connectivity index (χ0v) is 11.5. The summed E-state index contributed by atoms with van der Waals surface area (Å²) in [6.45, 7) is 0.187. The van der Waals surface area contributed by atoms with Crippen molar-refractivity contribution in [2.75, 3.05) is 12.3 Å². The molecule has 0 unspecified atom stereocenters. The average molecular weight is 312 g/mol. The van der Waals surface area contributed by atoms with Gasteiger partial charge in [-0.15, -0.1) is 0 Å². The topological polar surface area (TPSA) is 102 Å². The Balaban J connectivity index is 2.51. The van der Waals surface area contributed by atoms with E-state index in [0.29, 0.717) is 0 Å². The molecule has 0 aliphatic rings. The number of hydrogen-bond acceptors (Lipinski definition) is 4. The van der Waals surface area contributed by atoms with E-state index >= 15 is 0 Å². The van der Waals surface area contributed by atoms with Gasteiger partial charge >= 0.3 is 0 Å². The zero-order chi connectivity index (χ0) is 13.8. The van der Waals surface area contributed by atoms with Crippen molar-refractivity contribution in [1.29, 1.82) is 0 Å². The number of aromatic nitrogens is 1. The first kappa shape index (κ1) is 15.2. The first-order valence-corrected chi connectivity index (χ1v) is 7.37. The molecule has 0 atom stereocenters. The predicted molar refractivity (Wildman–Crippen MR) is 69.2 cm³/mol. The molecule has 0 bridgehead atoms. The van der Waals surface area contributed by atoms with Crippen molar-refractivity contribution >= 4 is 39.1 Å². The van der Waals surface area contributed by atoms with Crippen LogP contribution in [0.1, 0.15) is 16.8 Å². The van der Waals surface area contributed by atoms with Gasteiger partial charge in [0.25, 0.3) is 5.91 Å². The maximum atomic E-state index is 11.6. The fraction of sp³-hybridized carbons (Fsp3) is 0.333. The fourth-order valence-corrected chi connectivity index (χ4v) is 2.18. The van der Waals surface area contributed by atoms with Crippen LogP contribution in [-0.4, -0.2) is 31.6 Å². The van der Waals surface area contributed by atoms with Gasteiger partial charge in [-0.25, -0.2) is 18.5 Å². The summed E-state index contributed by atoms with van der Waals surface area (Å²) in [7, 11) is -3.50. The van der Waals surface area contributed by atoms with E-state index < -0.39 is 15.9 Å². The van der Waals surface area contributed by atoms with E-state index in [2.05, 4.69) is 10.3 Å². The lowest BCUT2D eigenvalue weighted by Crippen LogP contribution is -2.27. The van der Waals surface area contributed by atoms with Crippen LogP contribution < -0.4 is 10.5 Å². The van der Waals surface area contributed by atoms with E-state index in [-0.39, 0.29) is 34.6 Å². The average Bonchev–Trinajstić information content (AvgIpc) is 2.21. The number of hydrogen-bond donors (Lipinski definition) is 2. The Morgan fingerprint density at radius 2 is 1.89 bits per heavy atom. The molecule has 100 valence electrons. The molecule has 18 heavy (non-hydrogen) atoms. The number of sulfonamides is 1. The number of nitrogens with one attached hydrogen (secondary N) is 1. The SMILES string of the molecule is NS(=O)(=O)CCCNC(=O)c1cc(Cl)nc(Cl)c1. The van der Waals surface area contributed by atoms with Crippen molar-refractivity contribution in [2.45, 2.75) is 6.42 Å². The highest BCUT2D eigenvalue weighted by atomic mass is 35.5. The summed E-state index contributed by atoms with van der Waals surface area (Å²) >= 11 is 11.3. The summed E-state index contributed by atoms with van der Waals surface area (Å²) in [5, 5.41) is 7.56. The maximum absolute atomic E-state index is 11.6. The van der Waals surface area contributed by atoms with Gasteiger partial charge < -0.3 is 5.32 Å². The third-order valence-corrected chi connectivity index (χ3v) is 3.16. The Kier molecular flexibility index (Phi) is 5.33. The molecule has 1 heterocycles. The second-order valence-corrected chi connectivity index (χ2v) is 5.99. The van der Waals surface area contributed by atoms with Crippen LogP contribution in [-0.2, 0) is 10.0 Å². The number of amides is 1. The lowest BCUT2D eigenvalue weighted by Gasteiger charge is -2.05. The van der Waals surface area contributed by atoms with Gasteiger partial charge in [0.15, 0.2) is 0 Å². The first-order valence-electron chi connectivity index (χ1n) is 4.90. The van der Waals surface area contributed by atoms with Gasteiger partial charge in [0.1, 0.15) is 10.3 Å². The largest absolute Gasteiger partial charge is 0.352 e. The molecule has 0 radical (unpaired) electrons. The molecule has 0 spiro atoms. The van der Waals surface area contributed by atoms with Gasteiger partial charge in [-0.2, -0.15) is 0 Å². The number of carbonyl (C=O) groups excluding carboxylic acids is 1. The van der Waals surface area contributed by atoms with E-state index in [0.717, 1.165) is 0 Å². The van der Waals surface area contributed by atoms with Crippen molar-refractivity contribution in [3.05, 3.63) is 28.0 Å². The molecule has 0 saturated heterocycles. The highest BCUT2D eigenvalue weighted by Gasteiger charge is 2.09. The van der Waals surface area contributed by atoms with Gasteiger partial charge in [0.2, 0.25) is 10.0 Å². The van der Waals surface area contributed by atoms with Crippen molar-refractivity contribution < 1.29 is 13.2 Å². The summed E-state index contributed by atoms with van der Waals surface area (Å²) in [5.41, 5.74) is 0.260. The minimum absolute atomic E-state index is 0.109. The number of carbonyl (C=O) groups is 1. The summed E-state index contributed by atoms with van der Waals surface area (Å²) < 4.78 is 21.3. The van der Waals surface area contributed by atoms with Crippen LogP contribution in [0, 0.1) is 0 Å². The van der Waals surface area contributed by atoms with E-state index in [1.807, 2.05) is 0 Å². The van der Waals surface area contributed by atoms with Crippen LogP contribution in [0.2, 0.25) is 10.3 Å². The summed E-state index contributed by atoms with van der Waals surface area (Å²) in [6, 6.07) is 2.73. The van der Waals surface area contributed by atoms with Gasteiger partial charge in [0.05, 0.1) is 5.75 Å². The first-order chi connectivity index (χ1) is 8.28. The quantitative estimate of drug-likeness (QED) is 0.620. The molecule has 0 aliphatic carbocycles. The molecule has 1 aromatic heterocycles. The second kappa shape index (κ2) is 6.33. The van der Waals surface area contributed by atoms with Gasteiger partial charge in [-0.1, -0.05) is 23.2 Å². The van der Waals surface area contributed by atoms with Crippen LogP contribution in [0.25, 0.3) is 0 Å². The minimum atomic E-state index is -3.50. The summed E-state index contributed by atoms with van der Waals surface area (Å²) in [6.07, 6.45) is 0.233. The van der Waals surface area contributed by atoms with Gasteiger partial charge in [-0.05, 0) is 18.6 Å². The van der Waals surface area contributed by atoms with Crippen LogP contribution in [0.4, 0.5) is 0 Å². The molecule has 3 N–H and O–H groups in total. The highest BCUT2D eigenvalue weighted by Crippen LogP contribution is 2.14. The van der Waals surface area contributed by atoms with E-state index in [1.54, 1.807) is 0 Å². The Labute approximate surface area is 115 Å². The third kappa shape index (κ3) is 5.63. The van der Waals surface area contributed by atoms with Crippen LogP contribution in [0.5, 0.6) is 0 Å². The molecule has 0 fully saturated rings. The molecule has 1 rings (SSSR count). The summed E-state index contributed by atoms with van der Waals surface area (Å²) in [4.78, 5) is 15.3. The monoisotopic (exact) mass is 311 g/mol. The summed E-state index contributed by atoms with van der Waals surface area (Å²) in [5.74, 6) is -0.596. The van der Waals surface area contributed by atoms with Crippen molar-refractivity contribution in [3.63, 3.8) is 0 Å². The molecule has 0 saturated carbocycles. The third-order valence-electron chi connectivity index (χ3n) is 1.92. The number of nitrogens with two attached hydrogens (primary N) is 1. The van der Waals surface area contributed by atoms with Crippen molar-refractivity contribution in [1.82, 2.24) is 10.3 Å². The minimum Gasteiger partial charge on any atom is -0.352 e. The smallest absolute Gasteiger partial charge is 0.251 e. The number of pyridine rings is 1. The Morgan fingerprint density at radius 1 is 1.33 bits per heavy atom. The molecule has 0 aromatic carbocycles. The molecule has 6 nitrogen and oxygen atoms in total. The van der Waals surface area contributed by atoms with Crippen LogP contribution in [0.3, 0.4) is 0 Å². The van der Waals surface area contributed by atoms with Gasteiger partial charge in [-0.3, -0.25) is 4.79 Å². The zero-order valence-electron chi connectivity index (χ0n) is 9.19. The highest BCUT2D eigenvalue weighted by molar-refractivity contribution is 7.89. The van der Waals surface area contributed by atoms with E-state index in [9.17, 15) is 13.2 Å². The standard InChI is InChI=1S/C9H11Cl2N3O3S/c10-7-4-6(5-8(11)14-7)9(15)13-2-1-3-18(12,16)17/h4-5H,1-3H2,(H,13,15)(H2,12,16,17). The molecular formula is C9H11Cl2N3O3S. The second-order valence-electron chi connectivity index (χ2n) is 3.48. The molecule has 1 aromatic rings. The Bertz CT molecular complexity index is 528. The maximum Gasteiger partial charge on any atom is 0.251 e. The van der Waals surface area contributed by atoms with Crippen molar-refractivity contribution in [3.8, 4) is 0 Å². The molecule has 0 aliphatic heterocycles. The van der Waals surface area contributed by atoms with E-state index in [1.165, 1.54) is 12.1 Å². The molecule has 1 amide bonds. The van der Waals surface area contributed by atoms with Crippen molar-refractivity contribution in [2.24, 2.45) is 5.14 Å². The Morgan fingerprint density at radius 3 is 2.39 bits per heavy atom. The number of halogens is 2. The molecular weight excluding hydrogens is 301 g/mol. The fourth-order valence-electron chi connectivity index (χ4n) is 1.17. The lowest BCUT2D eigenvalue weighted by atomic mass is 10.2. The predicted octanol–water partition coefficient (Wildman–Crippen LogP) is 0.797. The number of rotatable bonds is 5. The van der Waals surface area contributed by atoms with Crippen LogP contribution >= 0.6 is 23.2 Å². The normalized spacial score (nSPS) is 11.3. The van der Waals surface area contributed by atoms with E-state index in [4.69, 9.17) is 28.3 Å². The number of nitrogens with zero attached hydrogens (tertiary/aromatic N) is 1. The van der Waals surface area contributed by atoms with Gasteiger partial charge in [0, 0.05) is 12.1 Å². The van der Waals surface area contributed by atoms with Crippen LogP contribution in [0.15, 0.2) is 12.1 Å².